The van der Waals surface area contributed by atoms with E-state index in [0.717, 1.165) is 11.4 Å². The number of esters is 1. The summed E-state index contributed by atoms with van der Waals surface area (Å²) in [4.78, 5) is 13.3. The summed E-state index contributed by atoms with van der Waals surface area (Å²) in [6.45, 7) is 0. The minimum Gasteiger partial charge on any atom is -0.465 e. The van der Waals surface area contributed by atoms with Crippen LogP contribution >= 0.6 is 0 Å². The van der Waals surface area contributed by atoms with Crippen molar-refractivity contribution in [2.75, 3.05) is 26.1 Å². The van der Waals surface area contributed by atoms with E-state index in [1.54, 1.807) is 24.3 Å². The van der Waals surface area contributed by atoms with Gasteiger partial charge in [0.25, 0.3) is 0 Å². The molecule has 2 rings (SSSR count). The van der Waals surface area contributed by atoms with Crippen molar-refractivity contribution in [1.29, 1.82) is 0 Å². The van der Waals surface area contributed by atoms with Gasteiger partial charge >= 0.3 is 5.97 Å². The average Bonchev–Trinajstić information content (AvgIpc) is 2.53. The van der Waals surface area contributed by atoms with E-state index in [-0.39, 0.29) is 5.97 Å². The zero-order chi connectivity index (χ0) is 15.2. The lowest BCUT2D eigenvalue weighted by Gasteiger charge is -2.11. The highest BCUT2D eigenvalue weighted by Gasteiger charge is 2.03. The maximum Gasteiger partial charge on any atom is 0.337 e. The molecule has 0 aliphatic carbocycles. The summed E-state index contributed by atoms with van der Waals surface area (Å²) in [7, 11) is 5.33. The molecule has 0 amide bonds. The number of rotatable bonds is 4. The summed E-state index contributed by atoms with van der Waals surface area (Å²) in [5.41, 5.74) is 3.06. The molecule has 0 atom stereocenters. The Labute approximate surface area is 123 Å². The molecule has 0 aliphatic heterocycles. The Morgan fingerprint density at radius 3 is 1.81 bits per heavy atom. The highest BCUT2D eigenvalue weighted by molar-refractivity contribution is 5.89. The van der Waals surface area contributed by atoms with Gasteiger partial charge < -0.3 is 9.64 Å². The van der Waals surface area contributed by atoms with Crippen molar-refractivity contribution in [2.45, 2.75) is 0 Å². The fraction of sp³-hybridized carbons (Fsp3) is 0.188. The van der Waals surface area contributed by atoms with Gasteiger partial charge in [-0.05, 0) is 48.5 Å². The number of hydrogen-bond acceptors (Lipinski definition) is 5. The number of ether oxygens (including phenoxy) is 1. The Kier molecular flexibility index (Phi) is 4.66. The fourth-order valence-corrected chi connectivity index (χ4v) is 1.71. The van der Waals surface area contributed by atoms with Crippen LogP contribution in [0.1, 0.15) is 10.4 Å². The lowest BCUT2D eigenvalue weighted by Crippen LogP contribution is -2.07. The Bertz CT molecular complexity index is 632. The van der Waals surface area contributed by atoms with Crippen LogP contribution in [0.5, 0.6) is 0 Å². The van der Waals surface area contributed by atoms with Crippen LogP contribution in [0.2, 0.25) is 0 Å². The number of azo groups is 1. The number of nitrogens with zero attached hydrogens (tertiary/aromatic N) is 3. The molecule has 0 spiro atoms. The van der Waals surface area contributed by atoms with Crippen LogP contribution in [-0.2, 0) is 4.74 Å². The van der Waals surface area contributed by atoms with Gasteiger partial charge in [0.1, 0.15) is 0 Å². The molecule has 0 radical (unpaired) electrons. The number of carbonyl (C=O) groups is 1. The zero-order valence-corrected chi connectivity index (χ0v) is 12.3. The topological polar surface area (TPSA) is 54.3 Å². The number of carbonyl (C=O) groups excluding carboxylic acids is 1. The predicted octanol–water partition coefficient (Wildman–Crippen LogP) is 3.95. The lowest BCUT2D eigenvalue weighted by atomic mass is 10.2. The molecule has 0 fully saturated rings. The molecular formula is C16H17N3O2. The third-order valence-corrected chi connectivity index (χ3v) is 2.94. The van der Waals surface area contributed by atoms with E-state index in [1.807, 2.05) is 43.3 Å². The summed E-state index contributed by atoms with van der Waals surface area (Å²) in [6, 6.07) is 14.5. The van der Waals surface area contributed by atoms with Crippen molar-refractivity contribution in [2.24, 2.45) is 10.2 Å². The summed E-state index contributed by atoms with van der Waals surface area (Å²) < 4.78 is 4.64. The Morgan fingerprint density at radius 2 is 1.38 bits per heavy atom. The third-order valence-electron chi connectivity index (χ3n) is 2.94. The van der Waals surface area contributed by atoms with Gasteiger partial charge in [-0.2, -0.15) is 10.2 Å². The second-order valence-electron chi connectivity index (χ2n) is 4.65. The summed E-state index contributed by atoms with van der Waals surface area (Å²) in [5, 5.41) is 8.30. The smallest absolute Gasteiger partial charge is 0.337 e. The second-order valence-corrected chi connectivity index (χ2v) is 4.65. The molecule has 0 bridgehead atoms. The van der Waals surface area contributed by atoms with Gasteiger partial charge in [0.05, 0.1) is 24.0 Å². The first-order chi connectivity index (χ1) is 10.1. The van der Waals surface area contributed by atoms with Crippen LogP contribution < -0.4 is 4.90 Å². The molecule has 21 heavy (non-hydrogen) atoms. The van der Waals surface area contributed by atoms with Crippen molar-refractivity contribution in [1.82, 2.24) is 0 Å². The predicted molar refractivity (Wildman–Crippen MR) is 82.7 cm³/mol. The first kappa shape index (κ1) is 14.7. The van der Waals surface area contributed by atoms with Crippen molar-refractivity contribution >= 4 is 23.0 Å². The van der Waals surface area contributed by atoms with Gasteiger partial charge in [0.2, 0.25) is 0 Å². The van der Waals surface area contributed by atoms with Crippen molar-refractivity contribution < 1.29 is 9.53 Å². The summed E-state index contributed by atoms with van der Waals surface area (Å²) in [6.07, 6.45) is 0. The van der Waals surface area contributed by atoms with Crippen molar-refractivity contribution in [3.63, 3.8) is 0 Å². The molecule has 0 N–H and O–H groups in total. The standard InChI is InChI=1S/C16H17N3O2/c1-19(2)15-10-8-14(9-11-15)18-17-13-6-4-12(5-7-13)16(20)21-3/h4-11H,1-3H3. The van der Waals surface area contributed by atoms with E-state index >= 15 is 0 Å². The molecular weight excluding hydrogens is 266 g/mol. The quantitative estimate of drug-likeness (QED) is 0.630. The number of anilines is 1. The van der Waals surface area contributed by atoms with Crippen LogP contribution in [-0.4, -0.2) is 27.2 Å². The molecule has 5 nitrogen and oxygen atoms in total. The normalized spacial score (nSPS) is 10.6. The fourth-order valence-electron chi connectivity index (χ4n) is 1.71. The monoisotopic (exact) mass is 283 g/mol. The van der Waals surface area contributed by atoms with Crippen LogP contribution in [0.3, 0.4) is 0 Å². The Morgan fingerprint density at radius 1 is 0.905 bits per heavy atom. The van der Waals surface area contributed by atoms with Gasteiger partial charge in [0.15, 0.2) is 0 Å². The molecule has 0 saturated heterocycles. The van der Waals surface area contributed by atoms with E-state index < -0.39 is 0 Å². The van der Waals surface area contributed by atoms with Gasteiger partial charge in [-0.1, -0.05) is 0 Å². The van der Waals surface area contributed by atoms with Gasteiger partial charge in [0, 0.05) is 19.8 Å². The molecule has 2 aromatic rings. The number of methoxy groups -OCH3 is 1. The molecule has 5 heteroatoms. The molecule has 0 heterocycles. The second kappa shape index (κ2) is 6.65. The molecule has 2 aromatic carbocycles. The SMILES string of the molecule is COC(=O)c1ccc(N=Nc2ccc(N(C)C)cc2)cc1. The van der Waals surface area contributed by atoms with Crippen LogP contribution in [0.25, 0.3) is 0 Å². The Hall–Kier alpha value is -2.69. The van der Waals surface area contributed by atoms with Gasteiger partial charge in [-0.3, -0.25) is 0 Å². The molecule has 0 saturated carbocycles. The van der Waals surface area contributed by atoms with Crippen molar-refractivity contribution in [3.05, 3.63) is 54.1 Å². The van der Waals surface area contributed by atoms with E-state index in [4.69, 9.17) is 0 Å². The molecule has 0 aromatic heterocycles. The van der Waals surface area contributed by atoms with Crippen LogP contribution in [0.15, 0.2) is 58.8 Å². The van der Waals surface area contributed by atoms with Gasteiger partial charge in [-0.25, -0.2) is 4.79 Å². The van der Waals surface area contributed by atoms with E-state index in [2.05, 4.69) is 15.0 Å². The maximum atomic E-state index is 11.3. The minimum atomic E-state index is -0.363. The zero-order valence-electron chi connectivity index (χ0n) is 12.3. The largest absolute Gasteiger partial charge is 0.465 e. The highest BCUT2D eigenvalue weighted by Crippen LogP contribution is 2.21. The lowest BCUT2D eigenvalue weighted by molar-refractivity contribution is 0.0601. The van der Waals surface area contributed by atoms with Crippen molar-refractivity contribution in [3.8, 4) is 0 Å². The van der Waals surface area contributed by atoms with E-state index in [9.17, 15) is 4.79 Å². The highest BCUT2D eigenvalue weighted by atomic mass is 16.5. The first-order valence-electron chi connectivity index (χ1n) is 6.47. The molecule has 0 aliphatic rings. The van der Waals surface area contributed by atoms with Crippen LogP contribution in [0, 0.1) is 0 Å². The van der Waals surface area contributed by atoms with E-state index in [0.29, 0.717) is 11.3 Å². The number of benzene rings is 2. The summed E-state index contributed by atoms with van der Waals surface area (Å²) >= 11 is 0. The van der Waals surface area contributed by atoms with E-state index in [1.165, 1.54) is 7.11 Å². The minimum absolute atomic E-state index is 0.363. The summed E-state index contributed by atoms with van der Waals surface area (Å²) in [5.74, 6) is -0.363. The Balaban J connectivity index is 2.08. The molecule has 0 unspecified atom stereocenters. The number of hydrogen-bond donors (Lipinski definition) is 0. The molecule has 108 valence electrons. The van der Waals surface area contributed by atoms with Gasteiger partial charge in [-0.15, -0.1) is 0 Å². The third kappa shape index (κ3) is 3.89. The van der Waals surface area contributed by atoms with Crippen LogP contribution in [0.4, 0.5) is 17.1 Å². The first-order valence-corrected chi connectivity index (χ1v) is 6.47. The maximum absolute atomic E-state index is 11.3. The average molecular weight is 283 g/mol.